The highest BCUT2D eigenvalue weighted by atomic mass is 16.6. The molecular weight excluding hydrogens is 340 g/mol. The van der Waals surface area contributed by atoms with E-state index in [2.05, 4.69) is 0 Å². The number of hydrogen-bond acceptors (Lipinski definition) is 6. The lowest BCUT2D eigenvalue weighted by atomic mass is 9.76. The highest BCUT2D eigenvalue weighted by molar-refractivity contribution is 5.93. The normalized spacial score (nSPS) is 21.3. The van der Waals surface area contributed by atoms with E-state index in [9.17, 15) is 9.59 Å². The van der Waals surface area contributed by atoms with Crippen molar-refractivity contribution in [2.75, 3.05) is 33.7 Å². The van der Waals surface area contributed by atoms with Gasteiger partial charge < -0.3 is 24.1 Å². The Labute approximate surface area is 152 Å². The van der Waals surface area contributed by atoms with E-state index in [4.69, 9.17) is 19.1 Å². The highest BCUT2D eigenvalue weighted by Crippen LogP contribution is 2.43. The van der Waals surface area contributed by atoms with Crippen molar-refractivity contribution in [3.63, 3.8) is 0 Å². The summed E-state index contributed by atoms with van der Waals surface area (Å²) in [6, 6.07) is 1.79. The molecule has 8 nitrogen and oxygen atoms in total. The number of nitrogens with zero attached hydrogens (tertiary/aromatic N) is 2. The fourth-order valence-electron chi connectivity index (χ4n) is 3.63. The van der Waals surface area contributed by atoms with E-state index < -0.39 is 5.41 Å². The molecule has 144 valence electrons. The summed E-state index contributed by atoms with van der Waals surface area (Å²) in [4.78, 5) is 37.0. The van der Waals surface area contributed by atoms with Gasteiger partial charge in [-0.1, -0.05) is 0 Å². The van der Waals surface area contributed by atoms with Gasteiger partial charge in [0.1, 0.15) is 6.10 Å². The summed E-state index contributed by atoms with van der Waals surface area (Å²) in [5.41, 5.74) is 0.442. The van der Waals surface area contributed by atoms with Crippen LogP contribution in [0, 0.1) is 12.3 Å². The topological polar surface area (TPSA) is 100 Å². The molecule has 1 unspecified atom stereocenters. The molecule has 0 aromatic carbocycles. The number of esters is 1. The van der Waals surface area contributed by atoms with Gasteiger partial charge in [-0.05, 0) is 39.9 Å². The van der Waals surface area contributed by atoms with Gasteiger partial charge in [-0.3, -0.25) is 14.4 Å². The zero-order valence-corrected chi connectivity index (χ0v) is 15.4. The number of aryl methyl sites for hydroxylation is 1. The predicted octanol–water partition coefficient (Wildman–Crippen LogP) is 1.39. The summed E-state index contributed by atoms with van der Waals surface area (Å²) in [5.74, 6) is 0.226. The van der Waals surface area contributed by atoms with Crippen LogP contribution in [0.4, 0.5) is 0 Å². The standard InChI is InChI=1S/C17H24N2O4.CH2O2/c1-12-4-9-22-14(12)15(20)19-7-5-17(6-8-19)10-13(11-18(2)3)23-16(17)21;2-1-3/h4,9,13H,5-8,10-11H2,1-3H3;1H,(H,2,3). The summed E-state index contributed by atoms with van der Waals surface area (Å²) < 4.78 is 10.8. The lowest BCUT2D eigenvalue weighted by Crippen LogP contribution is -2.45. The Morgan fingerprint density at radius 3 is 2.54 bits per heavy atom. The first-order valence-corrected chi connectivity index (χ1v) is 8.60. The molecule has 8 heteroatoms. The first kappa shape index (κ1) is 20.0. The van der Waals surface area contributed by atoms with Gasteiger partial charge >= 0.3 is 5.97 Å². The molecule has 0 radical (unpaired) electrons. The molecule has 2 aliphatic rings. The van der Waals surface area contributed by atoms with Crippen molar-refractivity contribution < 1.29 is 28.6 Å². The van der Waals surface area contributed by atoms with Crippen LogP contribution in [0.3, 0.4) is 0 Å². The number of rotatable bonds is 3. The van der Waals surface area contributed by atoms with Gasteiger partial charge in [0.25, 0.3) is 12.4 Å². The van der Waals surface area contributed by atoms with Crippen molar-refractivity contribution in [3.8, 4) is 0 Å². The van der Waals surface area contributed by atoms with Crippen LogP contribution in [-0.4, -0.2) is 73.1 Å². The van der Waals surface area contributed by atoms with Crippen LogP contribution in [0.2, 0.25) is 0 Å². The molecule has 2 aliphatic heterocycles. The maximum atomic E-state index is 12.5. The third kappa shape index (κ3) is 4.24. The van der Waals surface area contributed by atoms with Crippen molar-refractivity contribution in [2.45, 2.75) is 32.3 Å². The number of likely N-dealkylation sites (tertiary alicyclic amines) is 1. The fourth-order valence-corrected chi connectivity index (χ4v) is 3.63. The Hall–Kier alpha value is -2.35. The van der Waals surface area contributed by atoms with Gasteiger partial charge in [-0.25, -0.2) is 0 Å². The molecule has 3 heterocycles. The average molecular weight is 366 g/mol. The molecule has 0 aliphatic carbocycles. The summed E-state index contributed by atoms with van der Waals surface area (Å²) in [6.45, 7) is 3.51. The lowest BCUT2D eigenvalue weighted by Gasteiger charge is -2.36. The minimum atomic E-state index is -0.407. The molecule has 26 heavy (non-hydrogen) atoms. The molecule has 1 amide bonds. The van der Waals surface area contributed by atoms with E-state index in [1.54, 1.807) is 11.0 Å². The van der Waals surface area contributed by atoms with Crippen LogP contribution in [0.1, 0.15) is 35.4 Å². The minimum Gasteiger partial charge on any atom is -0.483 e. The molecule has 1 N–H and O–H groups in total. The Kier molecular flexibility index (Phi) is 6.42. The van der Waals surface area contributed by atoms with E-state index in [0.717, 1.165) is 18.5 Å². The zero-order chi connectivity index (χ0) is 19.3. The molecule has 2 fully saturated rings. The van der Waals surface area contributed by atoms with Gasteiger partial charge in [-0.15, -0.1) is 0 Å². The number of likely N-dealkylation sites (N-methyl/N-ethyl adjacent to an activating group) is 1. The van der Waals surface area contributed by atoms with Crippen LogP contribution in [0.25, 0.3) is 0 Å². The third-order valence-corrected chi connectivity index (χ3v) is 4.96. The van der Waals surface area contributed by atoms with Gasteiger partial charge in [-0.2, -0.15) is 0 Å². The van der Waals surface area contributed by atoms with Gasteiger partial charge in [0.15, 0.2) is 5.76 Å². The summed E-state index contributed by atoms with van der Waals surface area (Å²) in [6.07, 6.45) is 3.59. The van der Waals surface area contributed by atoms with E-state index in [-0.39, 0.29) is 24.5 Å². The van der Waals surface area contributed by atoms with Gasteiger partial charge in [0.2, 0.25) is 0 Å². The third-order valence-electron chi connectivity index (χ3n) is 4.96. The smallest absolute Gasteiger partial charge is 0.312 e. The number of hydrogen-bond donors (Lipinski definition) is 1. The number of ether oxygens (including phenoxy) is 1. The van der Waals surface area contributed by atoms with Crippen molar-refractivity contribution in [2.24, 2.45) is 5.41 Å². The van der Waals surface area contributed by atoms with Crippen LogP contribution >= 0.6 is 0 Å². The number of carbonyl (C=O) groups is 3. The molecule has 1 spiro atoms. The number of carboxylic acid groups (broad SMARTS) is 1. The maximum absolute atomic E-state index is 12.5. The Morgan fingerprint density at radius 2 is 2.04 bits per heavy atom. The van der Waals surface area contributed by atoms with Crippen molar-refractivity contribution in [1.29, 1.82) is 0 Å². The SMILES string of the molecule is Cc1ccoc1C(=O)N1CCC2(CC1)CC(CN(C)C)OC2=O.O=CO. The Morgan fingerprint density at radius 1 is 1.42 bits per heavy atom. The number of amides is 1. The highest BCUT2D eigenvalue weighted by Gasteiger charge is 2.51. The Bertz CT molecular complexity index is 646. The van der Waals surface area contributed by atoms with Crippen LogP contribution in [0.15, 0.2) is 16.7 Å². The number of carbonyl (C=O) groups excluding carboxylic acids is 2. The molecule has 1 atom stereocenters. The molecule has 1 aromatic heterocycles. The first-order chi connectivity index (χ1) is 12.3. The van der Waals surface area contributed by atoms with E-state index in [1.807, 2.05) is 25.9 Å². The number of furan rings is 1. The monoisotopic (exact) mass is 366 g/mol. The Balaban J connectivity index is 0.000000758. The zero-order valence-electron chi connectivity index (χ0n) is 15.4. The summed E-state index contributed by atoms with van der Waals surface area (Å²) >= 11 is 0. The second-order valence-electron chi connectivity index (χ2n) is 7.10. The summed E-state index contributed by atoms with van der Waals surface area (Å²) in [5, 5.41) is 6.89. The van der Waals surface area contributed by atoms with Crippen molar-refractivity contribution in [3.05, 3.63) is 23.7 Å². The average Bonchev–Trinajstić information content (AvgIpc) is 3.12. The van der Waals surface area contributed by atoms with E-state index in [1.165, 1.54) is 6.26 Å². The number of piperidine rings is 1. The van der Waals surface area contributed by atoms with E-state index >= 15 is 0 Å². The first-order valence-electron chi connectivity index (χ1n) is 8.60. The van der Waals surface area contributed by atoms with Crippen LogP contribution in [0.5, 0.6) is 0 Å². The lowest BCUT2D eigenvalue weighted by molar-refractivity contribution is -0.150. The second-order valence-corrected chi connectivity index (χ2v) is 7.10. The molecule has 1 aromatic rings. The van der Waals surface area contributed by atoms with Crippen molar-refractivity contribution >= 4 is 18.3 Å². The molecule has 0 saturated carbocycles. The predicted molar refractivity (Wildman–Crippen MR) is 92.8 cm³/mol. The quantitative estimate of drug-likeness (QED) is 0.637. The maximum Gasteiger partial charge on any atom is 0.312 e. The fraction of sp³-hybridized carbons (Fsp3) is 0.611. The van der Waals surface area contributed by atoms with Gasteiger partial charge in [0, 0.05) is 31.6 Å². The van der Waals surface area contributed by atoms with Gasteiger partial charge in [0.05, 0.1) is 11.7 Å². The van der Waals surface area contributed by atoms with Crippen LogP contribution in [-0.2, 0) is 14.3 Å². The summed E-state index contributed by atoms with van der Waals surface area (Å²) in [7, 11) is 3.96. The minimum absolute atomic E-state index is 0.0351. The molecule has 3 rings (SSSR count). The largest absolute Gasteiger partial charge is 0.483 e. The van der Waals surface area contributed by atoms with E-state index in [0.29, 0.717) is 31.7 Å². The van der Waals surface area contributed by atoms with Crippen molar-refractivity contribution in [1.82, 2.24) is 9.80 Å². The molecule has 2 saturated heterocycles. The second kappa shape index (κ2) is 8.35. The number of cyclic esters (lactones) is 1. The molecular formula is C18H26N2O6. The molecule has 0 bridgehead atoms. The van der Waals surface area contributed by atoms with Crippen LogP contribution < -0.4 is 0 Å².